The molecule has 1 aliphatic rings. The minimum absolute atomic E-state index is 0.281. The number of nitrogens with two attached hydrogens (primary N) is 1. The molecule has 1 fully saturated rings. The van der Waals surface area contributed by atoms with Crippen LogP contribution in [0.25, 0.3) is 11.1 Å². The van der Waals surface area contributed by atoms with Crippen LogP contribution in [0.1, 0.15) is 20.8 Å². The average Bonchev–Trinajstić information content (AvgIpc) is 2.79. The molecule has 0 aliphatic carbocycles. The van der Waals surface area contributed by atoms with Gasteiger partial charge >= 0.3 is 6.09 Å². The Morgan fingerprint density at radius 3 is 2.30 bits per heavy atom. The number of hydrogen-bond donors (Lipinski definition) is 2. The van der Waals surface area contributed by atoms with Crippen molar-refractivity contribution < 1.29 is 9.53 Å². The normalized spacial score (nSPS) is 14.2. The summed E-state index contributed by atoms with van der Waals surface area (Å²) in [5, 5.41) is 3.33. The van der Waals surface area contributed by atoms with Gasteiger partial charge < -0.3 is 25.6 Å². The Morgan fingerprint density at radius 1 is 0.970 bits per heavy atom. The maximum Gasteiger partial charge on any atom is 0.410 e. The number of piperazine rings is 1. The number of carbonyl (C=O) groups excluding carboxylic acids is 1. The lowest BCUT2D eigenvalue weighted by Gasteiger charge is -2.35. The monoisotopic (exact) mass is 447 g/mol. The molecule has 0 unspecified atom stereocenters. The second-order valence-corrected chi connectivity index (χ2v) is 8.87. The van der Waals surface area contributed by atoms with Crippen LogP contribution in [0.4, 0.5) is 28.1 Å². The lowest BCUT2D eigenvalue weighted by molar-refractivity contribution is 0.0240. The van der Waals surface area contributed by atoms with E-state index in [1.807, 2.05) is 57.2 Å². The van der Waals surface area contributed by atoms with Crippen molar-refractivity contribution in [3.8, 4) is 11.1 Å². The average molecular weight is 448 g/mol. The number of hydrogen-bond acceptors (Lipinski definition) is 8. The van der Waals surface area contributed by atoms with E-state index >= 15 is 0 Å². The Kier molecular flexibility index (Phi) is 6.30. The number of benzene rings is 1. The van der Waals surface area contributed by atoms with Crippen molar-refractivity contribution in [3.05, 3.63) is 54.9 Å². The number of rotatable bonds is 4. The second kappa shape index (κ2) is 9.32. The Hall–Kier alpha value is -3.88. The fourth-order valence-corrected chi connectivity index (χ4v) is 3.46. The van der Waals surface area contributed by atoms with Crippen LogP contribution in [0.5, 0.6) is 0 Å². The highest BCUT2D eigenvalue weighted by molar-refractivity contribution is 5.69. The number of nitrogen functional groups attached to an aromatic ring is 1. The van der Waals surface area contributed by atoms with E-state index in [-0.39, 0.29) is 6.09 Å². The molecule has 0 saturated carbocycles. The zero-order valence-electron chi connectivity index (χ0n) is 19.2. The number of amides is 1. The number of ether oxygens (including phenoxy) is 1. The molecule has 9 nitrogen and oxygen atoms in total. The van der Waals surface area contributed by atoms with E-state index < -0.39 is 5.60 Å². The van der Waals surface area contributed by atoms with Crippen molar-refractivity contribution in [1.29, 1.82) is 0 Å². The molecule has 0 bridgehead atoms. The van der Waals surface area contributed by atoms with Gasteiger partial charge in [0.2, 0.25) is 5.95 Å². The summed E-state index contributed by atoms with van der Waals surface area (Å²) in [5.41, 5.74) is 8.14. The first kappa shape index (κ1) is 22.3. The topological polar surface area (TPSA) is 110 Å². The van der Waals surface area contributed by atoms with E-state index in [4.69, 9.17) is 10.5 Å². The summed E-state index contributed by atoms with van der Waals surface area (Å²) < 4.78 is 5.46. The molecule has 1 saturated heterocycles. The first-order valence-corrected chi connectivity index (χ1v) is 10.9. The van der Waals surface area contributed by atoms with Crippen molar-refractivity contribution in [3.63, 3.8) is 0 Å². The maximum absolute atomic E-state index is 12.3. The first-order chi connectivity index (χ1) is 15.8. The van der Waals surface area contributed by atoms with E-state index in [0.717, 1.165) is 16.8 Å². The van der Waals surface area contributed by atoms with Gasteiger partial charge in [-0.3, -0.25) is 0 Å². The van der Waals surface area contributed by atoms with Crippen LogP contribution in [0.2, 0.25) is 0 Å². The van der Waals surface area contributed by atoms with Gasteiger partial charge in [-0.1, -0.05) is 12.1 Å². The van der Waals surface area contributed by atoms with Crippen LogP contribution in [-0.2, 0) is 4.74 Å². The van der Waals surface area contributed by atoms with Crippen molar-refractivity contribution in [2.75, 3.05) is 42.1 Å². The predicted octanol–water partition coefficient (Wildman–Crippen LogP) is 3.92. The fraction of sp³-hybridized carbons (Fsp3) is 0.333. The number of carbonyl (C=O) groups is 1. The van der Waals surface area contributed by atoms with Crippen LogP contribution in [0, 0.1) is 0 Å². The van der Waals surface area contributed by atoms with Crippen molar-refractivity contribution in [2.45, 2.75) is 26.4 Å². The summed E-state index contributed by atoms with van der Waals surface area (Å²) >= 11 is 0. The van der Waals surface area contributed by atoms with Crippen LogP contribution in [-0.4, -0.2) is 57.7 Å². The van der Waals surface area contributed by atoms with Gasteiger partial charge in [0.15, 0.2) is 0 Å². The van der Waals surface area contributed by atoms with Crippen LogP contribution >= 0.6 is 0 Å². The van der Waals surface area contributed by atoms with Gasteiger partial charge in [0.1, 0.15) is 17.2 Å². The fourth-order valence-electron chi connectivity index (χ4n) is 3.46. The van der Waals surface area contributed by atoms with Crippen molar-refractivity contribution >= 4 is 29.4 Å². The quantitative estimate of drug-likeness (QED) is 0.619. The highest BCUT2D eigenvalue weighted by Crippen LogP contribution is 2.23. The summed E-state index contributed by atoms with van der Waals surface area (Å²) in [5.74, 6) is 1.84. The SMILES string of the molecule is CC(C)(C)OC(=O)N1CCN(c2nccc(Nc3ccc(-c4ccc(N)nc4)cc3)n2)CC1. The third-order valence-corrected chi connectivity index (χ3v) is 5.13. The van der Waals surface area contributed by atoms with E-state index in [0.29, 0.717) is 43.8 Å². The van der Waals surface area contributed by atoms with Gasteiger partial charge in [-0.2, -0.15) is 4.98 Å². The van der Waals surface area contributed by atoms with E-state index in [1.165, 1.54) is 0 Å². The summed E-state index contributed by atoms with van der Waals surface area (Å²) in [6, 6.07) is 13.6. The molecule has 172 valence electrons. The number of aromatic nitrogens is 3. The Labute approximate surface area is 193 Å². The molecule has 0 atom stereocenters. The Balaban J connectivity index is 1.36. The Morgan fingerprint density at radius 2 is 1.67 bits per heavy atom. The molecule has 0 radical (unpaired) electrons. The van der Waals surface area contributed by atoms with E-state index in [9.17, 15) is 4.79 Å². The van der Waals surface area contributed by atoms with E-state index in [1.54, 1.807) is 23.4 Å². The summed E-state index contributed by atoms with van der Waals surface area (Å²) in [7, 11) is 0. The minimum Gasteiger partial charge on any atom is -0.444 e. The van der Waals surface area contributed by atoms with E-state index in [2.05, 4.69) is 25.2 Å². The molecule has 3 aromatic rings. The lowest BCUT2D eigenvalue weighted by Crippen LogP contribution is -2.50. The van der Waals surface area contributed by atoms with Crippen molar-refractivity contribution in [2.24, 2.45) is 0 Å². The smallest absolute Gasteiger partial charge is 0.410 e. The van der Waals surface area contributed by atoms with Crippen molar-refractivity contribution in [1.82, 2.24) is 19.9 Å². The van der Waals surface area contributed by atoms with Gasteiger partial charge in [-0.25, -0.2) is 14.8 Å². The third-order valence-electron chi connectivity index (χ3n) is 5.13. The summed E-state index contributed by atoms with van der Waals surface area (Å²) in [6.07, 6.45) is 3.22. The molecule has 33 heavy (non-hydrogen) atoms. The molecule has 9 heteroatoms. The zero-order valence-corrected chi connectivity index (χ0v) is 19.2. The first-order valence-electron chi connectivity index (χ1n) is 10.9. The number of anilines is 4. The van der Waals surface area contributed by atoms with Gasteiger partial charge in [0, 0.05) is 49.8 Å². The molecule has 3 heterocycles. The van der Waals surface area contributed by atoms with Crippen LogP contribution in [0.3, 0.4) is 0 Å². The molecular weight excluding hydrogens is 418 g/mol. The van der Waals surface area contributed by atoms with Gasteiger partial charge in [0.05, 0.1) is 0 Å². The molecule has 0 spiro atoms. The molecule has 4 rings (SSSR count). The van der Waals surface area contributed by atoms with Crippen LogP contribution < -0.4 is 16.0 Å². The highest BCUT2D eigenvalue weighted by Gasteiger charge is 2.26. The largest absolute Gasteiger partial charge is 0.444 e. The molecule has 1 aromatic carbocycles. The second-order valence-electron chi connectivity index (χ2n) is 8.87. The molecule has 1 amide bonds. The van der Waals surface area contributed by atoms with Gasteiger partial charge in [-0.05, 0) is 56.7 Å². The maximum atomic E-state index is 12.3. The molecular formula is C24H29N7O2. The summed E-state index contributed by atoms with van der Waals surface area (Å²) in [4.78, 5) is 29.3. The van der Waals surface area contributed by atoms with Gasteiger partial charge in [0.25, 0.3) is 0 Å². The summed E-state index contributed by atoms with van der Waals surface area (Å²) in [6.45, 7) is 8.04. The standard InChI is InChI=1S/C24H29N7O2/c1-24(2,3)33-23(32)31-14-12-30(13-15-31)22-26-11-10-21(29-22)28-19-7-4-17(5-8-19)18-6-9-20(25)27-16-18/h4-11,16H,12-15H2,1-3H3,(H2,25,27)(H,26,28,29). The number of nitrogens with zero attached hydrogens (tertiary/aromatic N) is 5. The molecule has 1 aliphatic heterocycles. The van der Waals surface area contributed by atoms with Gasteiger partial charge in [-0.15, -0.1) is 0 Å². The predicted molar refractivity (Wildman–Crippen MR) is 129 cm³/mol. The zero-order chi connectivity index (χ0) is 23.4. The Bertz CT molecular complexity index is 1090. The lowest BCUT2D eigenvalue weighted by atomic mass is 10.1. The highest BCUT2D eigenvalue weighted by atomic mass is 16.6. The third kappa shape index (κ3) is 5.88. The number of nitrogens with one attached hydrogen (secondary N) is 1. The molecule has 3 N–H and O–H groups in total. The van der Waals surface area contributed by atoms with Crippen LogP contribution in [0.15, 0.2) is 54.9 Å². The number of pyridine rings is 1. The minimum atomic E-state index is -0.498. The molecule has 2 aromatic heterocycles.